The molecule has 0 aromatic heterocycles. The Bertz CT molecular complexity index is 2180. The van der Waals surface area contributed by atoms with Crippen molar-refractivity contribution < 1.29 is 107 Å². The van der Waals surface area contributed by atoms with E-state index >= 15 is 0 Å². The molecule has 0 bridgehead atoms. The normalized spacial score (nSPS) is 12.8. The van der Waals surface area contributed by atoms with E-state index in [1.54, 1.807) is 118 Å². The van der Waals surface area contributed by atoms with Gasteiger partial charge in [0.25, 0.3) is 0 Å². The second kappa shape index (κ2) is 45.7. The first-order valence-corrected chi connectivity index (χ1v) is 30.8. The van der Waals surface area contributed by atoms with Crippen LogP contribution in [0, 0.1) is 37.9 Å². The summed E-state index contributed by atoms with van der Waals surface area (Å²) in [4.78, 5) is 186. The molecule has 0 radical (unpaired) electrons. The van der Waals surface area contributed by atoms with Gasteiger partial charge in [-0.25, -0.2) is 24.0 Å². The summed E-state index contributed by atoms with van der Waals surface area (Å²) >= 11 is 0. The van der Waals surface area contributed by atoms with Crippen LogP contribution in [-0.4, -0.2) is 156 Å². The van der Waals surface area contributed by atoms with Gasteiger partial charge in [-0.15, -0.1) is 0 Å². The van der Waals surface area contributed by atoms with Gasteiger partial charge in [-0.1, -0.05) is 145 Å². The van der Waals surface area contributed by atoms with E-state index in [0.29, 0.717) is 0 Å². The molecular weight excluding hydrogens is 1230 g/mol. The standard InChI is InChI=1S/5C11H19NO4.2C6H12O/c5*1-7(13)12-8(10(15)16)5-6-9(14)11(2,3)4;2*1-5(7)6(2,3)4/h5*8H,5-6H2,1-4H3,(H,12,13)(H,15,16);2*1-4H3/t5*8-;;/m00000../s1. The summed E-state index contributed by atoms with van der Waals surface area (Å²) in [5.41, 5.74) is -2.64. The van der Waals surface area contributed by atoms with Crippen molar-refractivity contribution >= 4 is 99.9 Å². The molecule has 5 amide bonds. The van der Waals surface area contributed by atoms with Crippen LogP contribution < -0.4 is 26.6 Å². The molecule has 5 atom stereocenters. The Morgan fingerprint density at radius 1 is 0.223 bits per heavy atom. The van der Waals surface area contributed by atoms with Gasteiger partial charge in [0.15, 0.2) is 0 Å². The molecule has 0 fully saturated rings. The molecule has 0 spiro atoms. The van der Waals surface area contributed by atoms with E-state index < -0.39 is 117 Å². The van der Waals surface area contributed by atoms with Crippen molar-refractivity contribution in [1.82, 2.24) is 26.6 Å². The van der Waals surface area contributed by atoms with Crippen molar-refractivity contribution in [3.8, 4) is 0 Å². The van der Waals surface area contributed by atoms with Crippen LogP contribution in [0.25, 0.3) is 0 Å². The van der Waals surface area contributed by atoms with Gasteiger partial charge >= 0.3 is 29.8 Å². The zero-order chi connectivity index (χ0) is 76.8. The highest BCUT2D eigenvalue weighted by Gasteiger charge is 2.30. The smallest absolute Gasteiger partial charge is 0.326 e. The lowest BCUT2D eigenvalue weighted by Gasteiger charge is -2.18. The fourth-order valence-corrected chi connectivity index (χ4v) is 5.77. The minimum atomic E-state index is -1.11. The first-order valence-electron chi connectivity index (χ1n) is 30.8. The van der Waals surface area contributed by atoms with Crippen molar-refractivity contribution in [2.45, 2.75) is 288 Å². The number of carboxylic acid groups (broad SMARTS) is 5. The minimum absolute atomic E-state index is 0.0101. The van der Waals surface area contributed by atoms with Crippen LogP contribution in [0.4, 0.5) is 0 Å². The Hall–Kier alpha value is -7.61. The first-order chi connectivity index (χ1) is 41.6. The summed E-state index contributed by atoms with van der Waals surface area (Å²) in [6.07, 6.45) is 1.42. The van der Waals surface area contributed by atoms with Crippen molar-refractivity contribution in [1.29, 1.82) is 0 Å². The topological polar surface area (TPSA) is 451 Å². The molecule has 0 saturated heterocycles. The molecule has 0 aliphatic heterocycles. The summed E-state index contributed by atoms with van der Waals surface area (Å²) in [6, 6.07) is -4.91. The summed E-state index contributed by atoms with van der Waals surface area (Å²) in [6.45, 7) is 47.7. The predicted octanol–water partition coefficient (Wildman–Crippen LogP) is 8.10. The second-order valence-electron chi connectivity index (χ2n) is 29.6. The number of hydrogen-bond acceptors (Lipinski definition) is 17. The van der Waals surface area contributed by atoms with Crippen LogP contribution in [-0.2, 0) is 81.5 Å². The van der Waals surface area contributed by atoms with E-state index in [1.165, 1.54) is 34.6 Å². The fourth-order valence-electron chi connectivity index (χ4n) is 5.77. The Labute approximate surface area is 557 Å². The van der Waals surface area contributed by atoms with Gasteiger partial charge in [-0.2, -0.15) is 0 Å². The average molecular weight is 1350 g/mol. The maximum Gasteiger partial charge on any atom is 0.326 e. The number of Topliss-reactive ketones (excluding diaryl/α,β-unsaturated/α-hetero) is 7. The van der Waals surface area contributed by atoms with Crippen LogP contribution in [0.1, 0.15) is 258 Å². The van der Waals surface area contributed by atoms with E-state index in [9.17, 15) is 81.5 Å². The number of amides is 5. The number of carboxylic acids is 5. The SMILES string of the molecule is CC(=O)C(C)(C)C.CC(=O)C(C)(C)C.CC(=O)N[C@@H](CCC(=O)C(C)(C)C)C(=O)O.CC(=O)N[C@@H](CCC(=O)C(C)(C)C)C(=O)O.CC(=O)N[C@@H](CCC(=O)C(C)(C)C)C(=O)O.CC(=O)N[C@@H](CCC(=O)C(C)(C)C)C(=O)O.CC(=O)N[C@@H](CCC(=O)C(C)(C)C)C(=O)O. The highest BCUT2D eigenvalue weighted by molar-refractivity contribution is 5.90. The lowest BCUT2D eigenvalue weighted by molar-refractivity contribution is -0.142. The lowest BCUT2D eigenvalue weighted by atomic mass is 9.87. The summed E-state index contributed by atoms with van der Waals surface area (Å²) in [5.74, 6) is -7.17. The molecule has 0 unspecified atom stereocenters. The van der Waals surface area contributed by atoms with Crippen LogP contribution in [0.15, 0.2) is 0 Å². The van der Waals surface area contributed by atoms with Gasteiger partial charge in [-0.3, -0.25) is 57.5 Å². The second-order valence-corrected chi connectivity index (χ2v) is 29.6. The fraction of sp³-hybridized carbons (Fsp3) is 0.746. The van der Waals surface area contributed by atoms with Gasteiger partial charge < -0.3 is 52.1 Å². The molecule has 0 aliphatic rings. The number of aliphatic carboxylic acids is 5. The summed E-state index contributed by atoms with van der Waals surface area (Å²) < 4.78 is 0. The maximum atomic E-state index is 11.6. The van der Waals surface area contributed by atoms with Crippen molar-refractivity contribution in [3.63, 3.8) is 0 Å². The number of hydrogen-bond donors (Lipinski definition) is 10. The molecule has 27 heteroatoms. The largest absolute Gasteiger partial charge is 0.480 e. The van der Waals surface area contributed by atoms with Crippen molar-refractivity contribution in [3.05, 3.63) is 0 Å². The van der Waals surface area contributed by atoms with Gasteiger partial charge in [0.1, 0.15) is 70.7 Å². The molecule has 0 rings (SSSR count). The molecule has 0 saturated carbocycles. The average Bonchev–Trinajstić information content (AvgIpc) is 1.11. The van der Waals surface area contributed by atoms with Crippen molar-refractivity contribution in [2.75, 3.05) is 0 Å². The number of rotatable bonds is 25. The Morgan fingerprint density at radius 2 is 0.319 bits per heavy atom. The summed E-state index contributed by atoms with van der Waals surface area (Å²) in [5, 5.41) is 55.5. The highest BCUT2D eigenvalue weighted by atomic mass is 16.4. The number of carbonyl (C=O) groups excluding carboxylic acids is 12. The molecule has 10 N–H and O–H groups in total. The number of nitrogens with one attached hydrogen (secondary N) is 5. The molecule has 0 aromatic rings. The Kier molecular flexibility index (Phi) is 48.6. The van der Waals surface area contributed by atoms with Crippen LogP contribution >= 0.6 is 0 Å². The molecule has 0 aliphatic carbocycles. The van der Waals surface area contributed by atoms with E-state index in [0.717, 1.165) is 0 Å². The third-order valence-electron chi connectivity index (χ3n) is 13.0. The Morgan fingerprint density at radius 3 is 0.372 bits per heavy atom. The third kappa shape index (κ3) is 59.4. The molecule has 94 heavy (non-hydrogen) atoms. The van der Waals surface area contributed by atoms with Crippen LogP contribution in [0.5, 0.6) is 0 Å². The zero-order valence-corrected chi connectivity index (χ0v) is 61.6. The van der Waals surface area contributed by atoms with E-state index in [-0.39, 0.29) is 116 Å². The van der Waals surface area contributed by atoms with Crippen LogP contribution in [0.2, 0.25) is 0 Å². The van der Waals surface area contributed by atoms with Gasteiger partial charge in [0.05, 0.1) is 0 Å². The molecule has 544 valence electrons. The van der Waals surface area contributed by atoms with Crippen LogP contribution in [0.3, 0.4) is 0 Å². The lowest BCUT2D eigenvalue weighted by Crippen LogP contribution is -2.40. The minimum Gasteiger partial charge on any atom is -0.480 e. The Balaban J connectivity index is -0.000000191. The molecular formula is C67H119N5O22. The third-order valence-corrected chi connectivity index (χ3v) is 13.0. The van der Waals surface area contributed by atoms with Gasteiger partial charge in [0, 0.05) is 105 Å². The number of carbonyl (C=O) groups is 17. The maximum absolute atomic E-state index is 11.6. The quantitative estimate of drug-likeness (QED) is 0.0412. The van der Waals surface area contributed by atoms with E-state index in [4.69, 9.17) is 25.5 Å². The highest BCUT2D eigenvalue weighted by Crippen LogP contribution is 2.22. The molecule has 0 aromatic carbocycles. The van der Waals surface area contributed by atoms with Gasteiger partial charge in [-0.05, 0) is 46.0 Å². The predicted molar refractivity (Wildman–Crippen MR) is 355 cm³/mol. The van der Waals surface area contributed by atoms with E-state index in [2.05, 4.69) is 26.6 Å². The first kappa shape index (κ1) is 99.9. The summed E-state index contributed by atoms with van der Waals surface area (Å²) in [7, 11) is 0. The number of ketones is 7. The molecule has 0 heterocycles. The zero-order valence-electron chi connectivity index (χ0n) is 61.6. The van der Waals surface area contributed by atoms with Gasteiger partial charge in [0.2, 0.25) is 29.5 Å². The van der Waals surface area contributed by atoms with E-state index in [1.807, 2.05) is 41.5 Å². The monoisotopic (exact) mass is 1350 g/mol. The molecule has 27 nitrogen and oxygen atoms in total. The van der Waals surface area contributed by atoms with Crippen molar-refractivity contribution in [2.24, 2.45) is 37.9 Å².